The monoisotopic (exact) mass is 344 g/mol. The minimum absolute atomic E-state index is 0.253. The Bertz CT molecular complexity index is 793. The van der Waals surface area contributed by atoms with Crippen LogP contribution in [-0.4, -0.2) is 28.1 Å². The van der Waals surface area contributed by atoms with E-state index in [1.165, 1.54) is 6.92 Å². The summed E-state index contributed by atoms with van der Waals surface area (Å²) in [5, 5.41) is 12.5. The number of aliphatic hydroxyl groups excluding tert-OH is 1. The normalized spacial score (nSPS) is 13.2. The Kier molecular flexibility index (Phi) is 5.64. The van der Waals surface area contributed by atoms with Crippen LogP contribution in [0.25, 0.3) is 0 Å². The molecule has 134 valence electrons. The van der Waals surface area contributed by atoms with Crippen LogP contribution < -0.4 is 5.32 Å². The van der Waals surface area contributed by atoms with Crippen LogP contribution in [0.15, 0.2) is 24.3 Å². The highest BCUT2D eigenvalue weighted by atomic mass is 16.5. The summed E-state index contributed by atoms with van der Waals surface area (Å²) in [7, 11) is 0. The molecule has 0 saturated carbocycles. The molecule has 2 rings (SSSR count). The fourth-order valence-corrected chi connectivity index (χ4v) is 2.84. The largest absolute Gasteiger partial charge is 0.448 e. The van der Waals surface area contributed by atoms with Gasteiger partial charge in [0.2, 0.25) is 0 Å². The number of aromatic amines is 1. The molecule has 2 atom stereocenters. The number of aryl methyl sites for hydroxylation is 2. The quantitative estimate of drug-likeness (QED) is 0.727. The summed E-state index contributed by atoms with van der Waals surface area (Å²) in [4.78, 5) is 27.5. The molecule has 6 heteroatoms. The van der Waals surface area contributed by atoms with Gasteiger partial charge in [0.05, 0.1) is 6.10 Å². The number of anilines is 1. The van der Waals surface area contributed by atoms with E-state index >= 15 is 0 Å². The molecule has 0 aliphatic carbocycles. The van der Waals surface area contributed by atoms with Crippen LogP contribution in [0, 0.1) is 20.8 Å². The summed E-state index contributed by atoms with van der Waals surface area (Å²) in [5.41, 5.74) is 3.93. The highest BCUT2D eigenvalue weighted by Gasteiger charge is 2.24. The Labute approximate surface area is 147 Å². The van der Waals surface area contributed by atoms with Crippen molar-refractivity contribution in [2.75, 3.05) is 5.32 Å². The van der Waals surface area contributed by atoms with Gasteiger partial charge in [-0.1, -0.05) is 12.1 Å². The van der Waals surface area contributed by atoms with Crippen molar-refractivity contribution in [3.8, 4) is 0 Å². The number of benzene rings is 1. The third-order valence-corrected chi connectivity index (χ3v) is 4.06. The number of ether oxygens (including phenoxy) is 1. The SMILES string of the molecule is Cc1cccc(NC(=O)[C@@H](C)OC(=O)c2[nH]c(C)c([C@H](C)O)c2C)c1. The van der Waals surface area contributed by atoms with Gasteiger partial charge in [-0.05, 0) is 57.9 Å². The van der Waals surface area contributed by atoms with Gasteiger partial charge >= 0.3 is 5.97 Å². The Morgan fingerprint density at radius 1 is 1.20 bits per heavy atom. The van der Waals surface area contributed by atoms with Crippen molar-refractivity contribution in [1.29, 1.82) is 0 Å². The first kappa shape index (κ1) is 18.7. The molecule has 0 fully saturated rings. The lowest BCUT2D eigenvalue weighted by Crippen LogP contribution is -2.30. The summed E-state index contributed by atoms with van der Waals surface area (Å²) in [6, 6.07) is 7.37. The molecular weight excluding hydrogens is 320 g/mol. The van der Waals surface area contributed by atoms with E-state index in [4.69, 9.17) is 4.74 Å². The van der Waals surface area contributed by atoms with Crippen molar-refractivity contribution in [2.45, 2.75) is 46.8 Å². The zero-order valence-corrected chi connectivity index (χ0v) is 15.1. The molecule has 25 heavy (non-hydrogen) atoms. The van der Waals surface area contributed by atoms with Gasteiger partial charge in [0.15, 0.2) is 6.10 Å². The highest BCUT2D eigenvalue weighted by Crippen LogP contribution is 2.25. The molecule has 1 aromatic carbocycles. The lowest BCUT2D eigenvalue weighted by atomic mass is 10.1. The summed E-state index contributed by atoms with van der Waals surface area (Å²) in [6.45, 7) is 8.59. The molecule has 0 spiro atoms. The van der Waals surface area contributed by atoms with E-state index in [0.29, 0.717) is 22.5 Å². The molecular formula is C19H24N2O4. The van der Waals surface area contributed by atoms with Crippen molar-refractivity contribution >= 4 is 17.6 Å². The molecule has 0 unspecified atom stereocenters. The van der Waals surface area contributed by atoms with E-state index in [0.717, 1.165) is 5.56 Å². The third-order valence-electron chi connectivity index (χ3n) is 4.06. The predicted molar refractivity (Wildman–Crippen MR) is 95.6 cm³/mol. The first-order chi connectivity index (χ1) is 11.7. The van der Waals surface area contributed by atoms with Gasteiger partial charge < -0.3 is 20.1 Å². The molecule has 0 saturated heterocycles. The van der Waals surface area contributed by atoms with E-state index in [9.17, 15) is 14.7 Å². The lowest BCUT2D eigenvalue weighted by Gasteiger charge is -2.14. The molecule has 0 bridgehead atoms. The highest BCUT2D eigenvalue weighted by molar-refractivity contribution is 5.97. The first-order valence-electron chi connectivity index (χ1n) is 8.16. The van der Waals surface area contributed by atoms with E-state index in [-0.39, 0.29) is 5.69 Å². The smallest absolute Gasteiger partial charge is 0.355 e. The van der Waals surface area contributed by atoms with Gasteiger partial charge in [-0.3, -0.25) is 4.79 Å². The van der Waals surface area contributed by atoms with E-state index < -0.39 is 24.1 Å². The second-order valence-corrected chi connectivity index (χ2v) is 6.25. The molecule has 3 N–H and O–H groups in total. The second kappa shape index (κ2) is 7.53. The maximum absolute atomic E-state index is 12.4. The zero-order chi connectivity index (χ0) is 18.7. The van der Waals surface area contributed by atoms with Crippen LogP contribution in [0.1, 0.15) is 52.8 Å². The molecule has 0 aliphatic heterocycles. The van der Waals surface area contributed by atoms with Crippen LogP contribution in [-0.2, 0) is 9.53 Å². The number of aromatic nitrogens is 1. The van der Waals surface area contributed by atoms with E-state index in [2.05, 4.69) is 10.3 Å². The lowest BCUT2D eigenvalue weighted by molar-refractivity contribution is -0.123. The Morgan fingerprint density at radius 3 is 2.44 bits per heavy atom. The van der Waals surface area contributed by atoms with Crippen molar-refractivity contribution in [1.82, 2.24) is 4.98 Å². The maximum Gasteiger partial charge on any atom is 0.355 e. The van der Waals surface area contributed by atoms with Gasteiger partial charge in [-0.2, -0.15) is 0 Å². The summed E-state index contributed by atoms with van der Waals surface area (Å²) >= 11 is 0. The summed E-state index contributed by atoms with van der Waals surface area (Å²) in [6.07, 6.45) is -1.65. The number of esters is 1. The number of H-pyrrole nitrogens is 1. The number of nitrogens with one attached hydrogen (secondary N) is 2. The number of carbonyl (C=O) groups is 2. The van der Waals surface area contributed by atoms with Crippen molar-refractivity contribution in [2.24, 2.45) is 0 Å². The topological polar surface area (TPSA) is 91.4 Å². The summed E-state index contributed by atoms with van der Waals surface area (Å²) in [5.74, 6) is -1.03. The number of rotatable bonds is 5. The zero-order valence-electron chi connectivity index (χ0n) is 15.1. The Morgan fingerprint density at radius 2 is 1.88 bits per heavy atom. The van der Waals surface area contributed by atoms with Crippen molar-refractivity contribution in [3.63, 3.8) is 0 Å². The first-order valence-corrected chi connectivity index (χ1v) is 8.16. The fourth-order valence-electron chi connectivity index (χ4n) is 2.84. The summed E-state index contributed by atoms with van der Waals surface area (Å²) < 4.78 is 5.27. The van der Waals surface area contributed by atoms with Gasteiger partial charge in [0.1, 0.15) is 5.69 Å². The predicted octanol–water partition coefficient (Wildman–Crippen LogP) is 3.18. The molecule has 1 heterocycles. The van der Waals surface area contributed by atoms with E-state index in [1.54, 1.807) is 26.8 Å². The van der Waals surface area contributed by atoms with Gasteiger partial charge in [-0.15, -0.1) is 0 Å². The van der Waals surface area contributed by atoms with Crippen LogP contribution in [0.2, 0.25) is 0 Å². The molecule has 0 radical (unpaired) electrons. The van der Waals surface area contributed by atoms with Gasteiger partial charge in [-0.25, -0.2) is 4.79 Å². The third kappa shape index (κ3) is 4.28. The van der Waals surface area contributed by atoms with Crippen LogP contribution in [0.5, 0.6) is 0 Å². The molecule has 1 aromatic heterocycles. The second-order valence-electron chi connectivity index (χ2n) is 6.25. The number of hydrogen-bond donors (Lipinski definition) is 3. The van der Waals surface area contributed by atoms with Crippen LogP contribution in [0.3, 0.4) is 0 Å². The van der Waals surface area contributed by atoms with Gasteiger partial charge in [0.25, 0.3) is 5.91 Å². The van der Waals surface area contributed by atoms with Crippen LogP contribution in [0.4, 0.5) is 5.69 Å². The average molecular weight is 344 g/mol. The molecule has 1 amide bonds. The average Bonchev–Trinajstić information content (AvgIpc) is 2.82. The number of amides is 1. The fraction of sp³-hybridized carbons (Fsp3) is 0.368. The Hall–Kier alpha value is -2.60. The Balaban J connectivity index is 2.07. The van der Waals surface area contributed by atoms with Gasteiger partial charge in [0, 0.05) is 16.9 Å². The van der Waals surface area contributed by atoms with Crippen LogP contribution >= 0.6 is 0 Å². The number of hydrogen-bond acceptors (Lipinski definition) is 4. The van der Waals surface area contributed by atoms with E-state index in [1.807, 2.05) is 25.1 Å². The molecule has 6 nitrogen and oxygen atoms in total. The number of aliphatic hydroxyl groups is 1. The number of carbonyl (C=O) groups excluding carboxylic acids is 2. The standard InChI is InChI=1S/C19H24N2O4/c1-10-7-6-8-15(9-10)21-18(23)14(5)25-19(24)17-11(2)16(13(4)22)12(3)20-17/h6-9,13-14,20,22H,1-5H3,(H,21,23)/t13-,14+/m0/s1. The maximum atomic E-state index is 12.4. The molecule has 2 aromatic rings. The molecule has 0 aliphatic rings. The van der Waals surface area contributed by atoms with Crippen molar-refractivity contribution in [3.05, 3.63) is 52.3 Å². The van der Waals surface area contributed by atoms with Crippen molar-refractivity contribution < 1.29 is 19.4 Å². The minimum atomic E-state index is -0.953. The minimum Gasteiger partial charge on any atom is -0.448 e.